The maximum Gasteiger partial charge on any atom is 0.278 e. The van der Waals surface area contributed by atoms with Crippen LogP contribution >= 0.6 is 11.8 Å². The Morgan fingerprint density at radius 3 is 2.46 bits per heavy atom. The highest BCUT2D eigenvalue weighted by Gasteiger charge is 2.19. The van der Waals surface area contributed by atoms with Crippen LogP contribution in [0.4, 0.5) is 0 Å². The van der Waals surface area contributed by atoms with E-state index in [1.165, 1.54) is 16.4 Å². The Hall–Kier alpha value is -4.31. The molecule has 172 valence electrons. The zero-order valence-corrected chi connectivity index (χ0v) is 19.7. The van der Waals surface area contributed by atoms with E-state index in [1.54, 1.807) is 28.8 Å². The zero-order valence-electron chi connectivity index (χ0n) is 18.9. The van der Waals surface area contributed by atoms with E-state index < -0.39 is 0 Å². The van der Waals surface area contributed by atoms with Gasteiger partial charge in [0.15, 0.2) is 5.16 Å². The molecular weight excluding hydrogens is 462 g/mol. The van der Waals surface area contributed by atoms with Crippen LogP contribution in [0.3, 0.4) is 0 Å². The molecule has 0 N–H and O–H groups in total. The van der Waals surface area contributed by atoms with Crippen LogP contribution in [0.1, 0.15) is 11.1 Å². The molecule has 6 aromatic rings. The number of rotatable bonds is 4. The van der Waals surface area contributed by atoms with Gasteiger partial charge in [0.05, 0.1) is 27.9 Å². The predicted octanol–water partition coefficient (Wildman–Crippen LogP) is 3.50. The minimum absolute atomic E-state index is 0.164. The first kappa shape index (κ1) is 21.2. The van der Waals surface area contributed by atoms with E-state index in [-0.39, 0.29) is 17.0 Å². The molecule has 35 heavy (non-hydrogen) atoms. The van der Waals surface area contributed by atoms with Crippen LogP contribution in [-0.4, -0.2) is 34.2 Å². The van der Waals surface area contributed by atoms with Crippen LogP contribution in [0, 0.1) is 13.8 Å². The van der Waals surface area contributed by atoms with Crippen LogP contribution in [0.2, 0.25) is 0 Å². The van der Waals surface area contributed by atoms with Crippen molar-refractivity contribution in [3.8, 4) is 5.69 Å². The normalized spacial score (nSPS) is 11.6. The second kappa shape index (κ2) is 8.17. The molecule has 0 aliphatic carbocycles. The number of fused-ring (bicyclic) bond motifs is 4. The summed E-state index contributed by atoms with van der Waals surface area (Å²) in [5.41, 5.74) is 3.59. The number of benzene rings is 3. The van der Waals surface area contributed by atoms with Gasteiger partial charge in [-0.25, -0.2) is 4.57 Å². The first-order chi connectivity index (χ1) is 17.0. The molecule has 0 unspecified atom stereocenters. The maximum absolute atomic E-state index is 13.6. The standard InChI is InChI=1S/C25H19N7O2S/c1-15-11-12-16(2)21(13-15)31-23(34)18-8-4-6-10-20(18)32-24(31)27-28-25(32)35-14-30-22(33)17-7-3-5-9-19(17)26-29-30/h3-13H,14H2,1-2H3. The highest BCUT2D eigenvalue weighted by Crippen LogP contribution is 2.25. The third kappa shape index (κ3) is 3.41. The predicted molar refractivity (Wildman–Crippen MR) is 135 cm³/mol. The Bertz CT molecular complexity index is 1890. The highest BCUT2D eigenvalue weighted by molar-refractivity contribution is 7.98. The van der Waals surface area contributed by atoms with E-state index in [9.17, 15) is 9.59 Å². The molecule has 3 aromatic heterocycles. The first-order valence-electron chi connectivity index (χ1n) is 10.9. The fourth-order valence-corrected chi connectivity index (χ4v) is 4.99. The summed E-state index contributed by atoms with van der Waals surface area (Å²) in [6.45, 7) is 3.95. The molecule has 0 aliphatic heterocycles. The number of aryl methyl sites for hydroxylation is 2. The van der Waals surface area contributed by atoms with Gasteiger partial charge in [0.2, 0.25) is 5.78 Å². The van der Waals surface area contributed by atoms with Crippen molar-refractivity contribution < 1.29 is 0 Å². The molecular formula is C25H19N7O2S. The topological polar surface area (TPSA) is 100.0 Å². The Balaban J connectivity index is 1.53. The van der Waals surface area contributed by atoms with Gasteiger partial charge in [-0.15, -0.1) is 15.3 Å². The Labute approximate surface area is 202 Å². The molecule has 0 atom stereocenters. The van der Waals surface area contributed by atoms with Crippen molar-refractivity contribution in [2.75, 3.05) is 0 Å². The lowest BCUT2D eigenvalue weighted by molar-refractivity contribution is 0.643. The number of thioether (sulfide) groups is 1. The molecule has 0 spiro atoms. The molecule has 0 radical (unpaired) electrons. The van der Waals surface area contributed by atoms with E-state index in [2.05, 4.69) is 20.5 Å². The van der Waals surface area contributed by atoms with E-state index >= 15 is 0 Å². The van der Waals surface area contributed by atoms with Crippen LogP contribution in [-0.2, 0) is 5.88 Å². The smallest absolute Gasteiger partial charge is 0.268 e. The number of aromatic nitrogens is 7. The molecule has 0 saturated carbocycles. The minimum Gasteiger partial charge on any atom is -0.268 e. The molecule has 0 amide bonds. The molecule has 0 aliphatic rings. The van der Waals surface area contributed by atoms with Gasteiger partial charge in [-0.1, -0.05) is 53.4 Å². The van der Waals surface area contributed by atoms with Crippen molar-refractivity contribution in [2.45, 2.75) is 24.9 Å². The Kier molecular flexibility index (Phi) is 4.96. The number of hydrogen-bond acceptors (Lipinski definition) is 7. The van der Waals surface area contributed by atoms with Crippen LogP contribution in [0.25, 0.3) is 33.3 Å². The zero-order chi connectivity index (χ0) is 24.1. The van der Waals surface area contributed by atoms with Crippen molar-refractivity contribution in [1.29, 1.82) is 0 Å². The molecule has 0 bridgehead atoms. The summed E-state index contributed by atoms with van der Waals surface area (Å²) in [4.78, 5) is 26.5. The summed E-state index contributed by atoms with van der Waals surface area (Å²) in [6, 6.07) is 20.4. The summed E-state index contributed by atoms with van der Waals surface area (Å²) >= 11 is 1.30. The summed E-state index contributed by atoms with van der Waals surface area (Å²) in [6.07, 6.45) is 0. The van der Waals surface area contributed by atoms with Gasteiger partial charge in [-0.3, -0.25) is 14.0 Å². The van der Waals surface area contributed by atoms with Crippen molar-refractivity contribution in [2.24, 2.45) is 0 Å². The molecule has 0 fully saturated rings. The second-order valence-corrected chi connectivity index (χ2v) is 9.16. The first-order valence-corrected chi connectivity index (χ1v) is 11.9. The maximum atomic E-state index is 13.6. The second-order valence-electron chi connectivity index (χ2n) is 8.25. The van der Waals surface area contributed by atoms with Gasteiger partial charge >= 0.3 is 0 Å². The summed E-state index contributed by atoms with van der Waals surface area (Å²) in [5, 5.41) is 18.6. The largest absolute Gasteiger partial charge is 0.278 e. The molecule has 0 saturated heterocycles. The molecule has 6 rings (SSSR count). The van der Waals surface area contributed by atoms with Crippen LogP contribution in [0.5, 0.6) is 0 Å². The van der Waals surface area contributed by atoms with Crippen molar-refractivity contribution >= 4 is 39.3 Å². The van der Waals surface area contributed by atoms with E-state index in [0.717, 1.165) is 16.8 Å². The molecule has 10 heteroatoms. The molecule has 3 aromatic carbocycles. The lowest BCUT2D eigenvalue weighted by Crippen LogP contribution is -2.24. The quantitative estimate of drug-likeness (QED) is 0.355. The van der Waals surface area contributed by atoms with E-state index in [1.807, 2.05) is 60.7 Å². The van der Waals surface area contributed by atoms with Crippen LogP contribution in [0.15, 0.2) is 81.5 Å². The summed E-state index contributed by atoms with van der Waals surface area (Å²) < 4.78 is 4.75. The summed E-state index contributed by atoms with van der Waals surface area (Å²) in [7, 11) is 0. The van der Waals surface area contributed by atoms with Gasteiger partial charge in [-0.05, 0) is 55.3 Å². The molecule has 9 nitrogen and oxygen atoms in total. The Morgan fingerprint density at radius 2 is 1.60 bits per heavy atom. The number of hydrogen-bond donors (Lipinski definition) is 0. The van der Waals surface area contributed by atoms with Crippen LogP contribution < -0.4 is 11.1 Å². The lowest BCUT2D eigenvalue weighted by Gasteiger charge is -2.14. The average molecular weight is 482 g/mol. The lowest BCUT2D eigenvalue weighted by atomic mass is 10.1. The van der Waals surface area contributed by atoms with Crippen molar-refractivity contribution in [1.82, 2.24) is 34.2 Å². The monoisotopic (exact) mass is 481 g/mol. The average Bonchev–Trinajstić information content (AvgIpc) is 3.30. The van der Waals surface area contributed by atoms with Gasteiger partial charge in [0, 0.05) is 0 Å². The van der Waals surface area contributed by atoms with E-state index in [0.29, 0.717) is 32.7 Å². The third-order valence-electron chi connectivity index (χ3n) is 5.95. The minimum atomic E-state index is -0.228. The Morgan fingerprint density at radius 1 is 0.829 bits per heavy atom. The van der Waals surface area contributed by atoms with Gasteiger partial charge in [-0.2, -0.15) is 4.68 Å². The van der Waals surface area contributed by atoms with Gasteiger partial charge < -0.3 is 0 Å². The molecule has 3 heterocycles. The number of nitrogens with zero attached hydrogens (tertiary/aromatic N) is 7. The van der Waals surface area contributed by atoms with Crippen molar-refractivity contribution in [3.05, 3.63) is 98.6 Å². The van der Waals surface area contributed by atoms with Gasteiger partial charge in [0.25, 0.3) is 11.1 Å². The van der Waals surface area contributed by atoms with Gasteiger partial charge in [0.1, 0.15) is 5.52 Å². The SMILES string of the molecule is Cc1ccc(C)c(-n2c(=O)c3ccccc3n3c(SCn4nnc5ccccc5c4=O)nnc23)c1. The number of para-hydroxylation sites is 1. The summed E-state index contributed by atoms with van der Waals surface area (Å²) in [5.74, 6) is 0.593. The van der Waals surface area contributed by atoms with E-state index in [4.69, 9.17) is 0 Å². The van der Waals surface area contributed by atoms with Crippen molar-refractivity contribution in [3.63, 3.8) is 0 Å². The third-order valence-corrected chi connectivity index (χ3v) is 6.84. The fourth-order valence-electron chi connectivity index (χ4n) is 4.18. The highest BCUT2D eigenvalue weighted by atomic mass is 32.2. The fraction of sp³-hybridized carbons (Fsp3) is 0.120.